The van der Waals surface area contributed by atoms with E-state index in [-0.39, 0.29) is 18.7 Å². The molecule has 0 amide bonds. The molecule has 1 unspecified atom stereocenters. The predicted molar refractivity (Wildman–Crippen MR) is 72.6 cm³/mol. The lowest BCUT2D eigenvalue weighted by atomic mass is 9.97. The highest BCUT2D eigenvalue weighted by Crippen LogP contribution is 2.29. The zero-order chi connectivity index (χ0) is 16.3. The minimum absolute atomic E-state index is 0.00715. The van der Waals surface area contributed by atoms with Gasteiger partial charge in [0.1, 0.15) is 0 Å². The van der Waals surface area contributed by atoms with Crippen molar-refractivity contribution >= 4 is 11.8 Å². The molecule has 0 spiro atoms. The fourth-order valence-corrected chi connectivity index (χ4v) is 2.56. The Hall–Kier alpha value is -1.89. The molecule has 1 aliphatic rings. The van der Waals surface area contributed by atoms with Crippen molar-refractivity contribution in [1.82, 2.24) is 4.90 Å². The summed E-state index contributed by atoms with van der Waals surface area (Å²) >= 11 is 0. The molecule has 4 nitrogen and oxygen atoms in total. The van der Waals surface area contributed by atoms with Crippen LogP contribution < -0.4 is 0 Å². The van der Waals surface area contributed by atoms with Gasteiger partial charge in [-0.2, -0.15) is 13.2 Å². The van der Waals surface area contributed by atoms with E-state index in [2.05, 4.69) is 0 Å². The lowest BCUT2D eigenvalue weighted by Crippen LogP contribution is -2.41. The van der Waals surface area contributed by atoms with Crippen molar-refractivity contribution in [1.29, 1.82) is 0 Å². The van der Waals surface area contributed by atoms with Crippen LogP contribution in [-0.2, 0) is 11.0 Å². The predicted octanol–water partition coefficient (Wildman–Crippen LogP) is 2.68. The van der Waals surface area contributed by atoms with Gasteiger partial charge in [-0.3, -0.25) is 14.5 Å². The van der Waals surface area contributed by atoms with Gasteiger partial charge in [-0.25, -0.2) is 0 Å². The van der Waals surface area contributed by atoms with Gasteiger partial charge in [0.25, 0.3) is 0 Å². The first-order valence-corrected chi connectivity index (χ1v) is 6.93. The molecule has 0 saturated carbocycles. The Kier molecular flexibility index (Phi) is 4.85. The molecule has 1 aromatic carbocycles. The summed E-state index contributed by atoms with van der Waals surface area (Å²) in [6.45, 7) is 0.763. The quantitative estimate of drug-likeness (QED) is 0.868. The number of hydrogen-bond acceptors (Lipinski definition) is 3. The average Bonchev–Trinajstić information content (AvgIpc) is 2.46. The van der Waals surface area contributed by atoms with Gasteiger partial charge in [0.15, 0.2) is 5.78 Å². The van der Waals surface area contributed by atoms with Gasteiger partial charge in [0.05, 0.1) is 18.0 Å². The molecule has 1 N–H and O–H groups in total. The largest absolute Gasteiger partial charge is 0.481 e. The van der Waals surface area contributed by atoms with Crippen LogP contribution in [0.4, 0.5) is 13.2 Å². The van der Waals surface area contributed by atoms with Crippen molar-refractivity contribution in [3.63, 3.8) is 0 Å². The number of halogens is 3. The van der Waals surface area contributed by atoms with Crippen LogP contribution in [0, 0.1) is 5.92 Å². The third-order valence-electron chi connectivity index (χ3n) is 3.73. The maximum atomic E-state index is 12.6. The smallest absolute Gasteiger partial charge is 0.416 e. The Labute approximate surface area is 125 Å². The van der Waals surface area contributed by atoms with Crippen LogP contribution >= 0.6 is 0 Å². The van der Waals surface area contributed by atoms with Crippen molar-refractivity contribution < 1.29 is 27.9 Å². The molecule has 1 aliphatic heterocycles. The molecule has 1 aromatic rings. The summed E-state index contributed by atoms with van der Waals surface area (Å²) in [6.07, 6.45) is -3.27. The van der Waals surface area contributed by atoms with Crippen molar-refractivity contribution in [2.45, 2.75) is 19.0 Å². The van der Waals surface area contributed by atoms with E-state index < -0.39 is 29.4 Å². The number of ketones is 1. The van der Waals surface area contributed by atoms with Crippen LogP contribution in [0.25, 0.3) is 0 Å². The molecule has 1 heterocycles. The number of benzene rings is 1. The van der Waals surface area contributed by atoms with E-state index in [1.54, 1.807) is 4.90 Å². The maximum absolute atomic E-state index is 12.6. The highest BCUT2D eigenvalue weighted by molar-refractivity contribution is 5.97. The SMILES string of the molecule is O=C(CN1CCCC(C(=O)O)C1)c1cccc(C(F)(F)F)c1. The molecular weight excluding hydrogens is 299 g/mol. The van der Waals surface area contributed by atoms with E-state index in [4.69, 9.17) is 5.11 Å². The molecule has 7 heteroatoms. The lowest BCUT2D eigenvalue weighted by molar-refractivity contribution is -0.143. The fraction of sp³-hybridized carbons (Fsp3) is 0.467. The lowest BCUT2D eigenvalue weighted by Gasteiger charge is -2.29. The van der Waals surface area contributed by atoms with Crippen LogP contribution in [0.2, 0.25) is 0 Å². The number of carbonyl (C=O) groups excluding carboxylic acids is 1. The molecule has 0 aromatic heterocycles. The van der Waals surface area contributed by atoms with Crippen molar-refractivity contribution in [2.24, 2.45) is 5.92 Å². The summed E-state index contributed by atoms with van der Waals surface area (Å²) in [5.74, 6) is -1.86. The summed E-state index contributed by atoms with van der Waals surface area (Å²) in [7, 11) is 0. The zero-order valence-electron chi connectivity index (χ0n) is 11.8. The first-order valence-electron chi connectivity index (χ1n) is 6.93. The molecule has 120 valence electrons. The number of carboxylic acid groups (broad SMARTS) is 1. The number of carboxylic acids is 1. The Morgan fingerprint density at radius 2 is 2.05 bits per heavy atom. The third-order valence-corrected chi connectivity index (χ3v) is 3.73. The average molecular weight is 315 g/mol. The van der Waals surface area contributed by atoms with Gasteiger partial charge >= 0.3 is 12.1 Å². The first-order chi connectivity index (χ1) is 10.3. The van der Waals surface area contributed by atoms with E-state index in [9.17, 15) is 22.8 Å². The Morgan fingerprint density at radius 1 is 1.32 bits per heavy atom. The normalized spacial score (nSPS) is 19.9. The Bertz CT molecular complexity index is 571. The van der Waals surface area contributed by atoms with Gasteiger partial charge in [-0.15, -0.1) is 0 Å². The maximum Gasteiger partial charge on any atom is 0.416 e. The van der Waals surface area contributed by atoms with Crippen LogP contribution in [0.1, 0.15) is 28.8 Å². The second-order valence-corrected chi connectivity index (χ2v) is 5.41. The number of aliphatic carboxylic acids is 1. The molecule has 1 atom stereocenters. The minimum atomic E-state index is -4.49. The zero-order valence-corrected chi connectivity index (χ0v) is 11.8. The summed E-state index contributed by atoms with van der Waals surface area (Å²) < 4.78 is 37.9. The number of carbonyl (C=O) groups is 2. The van der Waals surface area contributed by atoms with Gasteiger partial charge in [-0.05, 0) is 31.5 Å². The van der Waals surface area contributed by atoms with Gasteiger partial charge in [0.2, 0.25) is 0 Å². The molecular formula is C15H16F3NO3. The molecule has 1 saturated heterocycles. The Balaban J connectivity index is 2.05. The molecule has 22 heavy (non-hydrogen) atoms. The van der Waals surface area contributed by atoms with Gasteiger partial charge < -0.3 is 5.11 Å². The fourth-order valence-electron chi connectivity index (χ4n) is 2.56. The monoisotopic (exact) mass is 315 g/mol. The summed E-state index contributed by atoms with van der Waals surface area (Å²) in [4.78, 5) is 24.8. The summed E-state index contributed by atoms with van der Waals surface area (Å²) in [5.41, 5.74) is -0.868. The van der Waals surface area contributed by atoms with Crippen LogP contribution in [0.3, 0.4) is 0 Å². The molecule has 0 bridgehead atoms. The van der Waals surface area contributed by atoms with Crippen molar-refractivity contribution in [3.8, 4) is 0 Å². The second kappa shape index (κ2) is 6.48. The number of likely N-dealkylation sites (tertiary alicyclic amines) is 1. The third kappa shape index (κ3) is 4.07. The van der Waals surface area contributed by atoms with Crippen LogP contribution in [0.5, 0.6) is 0 Å². The molecule has 0 aliphatic carbocycles. The van der Waals surface area contributed by atoms with Crippen molar-refractivity contribution in [3.05, 3.63) is 35.4 Å². The number of hydrogen-bond donors (Lipinski definition) is 1. The number of Topliss-reactive ketones (excluding diaryl/α,β-unsaturated/α-hetero) is 1. The van der Waals surface area contributed by atoms with Gasteiger partial charge in [0, 0.05) is 12.1 Å². The molecule has 2 rings (SSSR count). The highest BCUT2D eigenvalue weighted by Gasteiger charge is 2.31. The number of nitrogens with zero attached hydrogens (tertiary/aromatic N) is 1. The number of piperidine rings is 1. The highest BCUT2D eigenvalue weighted by atomic mass is 19.4. The molecule has 1 fully saturated rings. The van der Waals surface area contributed by atoms with E-state index in [1.165, 1.54) is 12.1 Å². The van der Waals surface area contributed by atoms with Crippen molar-refractivity contribution in [2.75, 3.05) is 19.6 Å². The second-order valence-electron chi connectivity index (χ2n) is 5.41. The van der Waals surface area contributed by atoms with Gasteiger partial charge in [-0.1, -0.05) is 12.1 Å². The standard InChI is InChI=1S/C15H16F3NO3/c16-15(17,18)12-5-1-3-10(7-12)13(20)9-19-6-2-4-11(8-19)14(21)22/h1,3,5,7,11H,2,4,6,8-9H2,(H,21,22). The van der Waals surface area contributed by atoms with E-state index in [0.29, 0.717) is 19.4 Å². The van der Waals surface area contributed by atoms with E-state index in [0.717, 1.165) is 12.1 Å². The minimum Gasteiger partial charge on any atom is -0.481 e. The summed E-state index contributed by atoms with van der Waals surface area (Å²) in [6, 6.07) is 4.29. The summed E-state index contributed by atoms with van der Waals surface area (Å²) in [5, 5.41) is 9.00. The first kappa shape index (κ1) is 16.5. The topological polar surface area (TPSA) is 57.6 Å². The van der Waals surface area contributed by atoms with Crippen LogP contribution in [0.15, 0.2) is 24.3 Å². The van der Waals surface area contributed by atoms with E-state index >= 15 is 0 Å². The van der Waals surface area contributed by atoms with E-state index in [1.807, 2.05) is 0 Å². The number of rotatable bonds is 4. The Morgan fingerprint density at radius 3 is 2.68 bits per heavy atom. The van der Waals surface area contributed by atoms with Crippen LogP contribution in [-0.4, -0.2) is 41.4 Å². The number of alkyl halides is 3. The molecule has 0 radical (unpaired) electrons.